The maximum absolute atomic E-state index is 11.0. The Morgan fingerprint density at radius 2 is 1.33 bits per heavy atom. The van der Waals surface area contributed by atoms with Crippen LogP contribution >= 0.6 is 0 Å². The van der Waals surface area contributed by atoms with Crippen molar-refractivity contribution >= 4 is 34.4 Å². The number of nitrogens with zero attached hydrogens (tertiary/aromatic N) is 6. The lowest BCUT2D eigenvalue weighted by atomic mass is 10.2. The maximum atomic E-state index is 11.0. The normalized spacial score (nSPS) is 10.8. The van der Waals surface area contributed by atoms with E-state index in [4.69, 9.17) is 14.7 Å². The molecule has 0 heterocycles. The van der Waals surface area contributed by atoms with Crippen LogP contribution in [0.5, 0.6) is 5.75 Å². The molecule has 3 rings (SSSR count). The SMILES string of the molecule is C=CC(=O)OCCOc1ccc(N=Nc2ccc(N=Nc3ccc(N(C)CCC#N)cc3)cc2)cc1. The van der Waals surface area contributed by atoms with Crippen molar-refractivity contribution in [3.63, 3.8) is 0 Å². The van der Waals surface area contributed by atoms with Crippen molar-refractivity contribution in [1.29, 1.82) is 5.26 Å². The molecule has 0 aliphatic carbocycles. The van der Waals surface area contributed by atoms with E-state index in [0.717, 1.165) is 17.5 Å². The third-order valence-corrected chi connectivity index (χ3v) is 4.86. The predicted octanol–water partition coefficient (Wildman–Crippen LogP) is 6.98. The summed E-state index contributed by atoms with van der Waals surface area (Å²) in [5.74, 6) is 0.160. The Kier molecular flexibility index (Phi) is 9.86. The molecule has 0 saturated carbocycles. The number of rotatable bonds is 12. The molecule has 0 amide bonds. The van der Waals surface area contributed by atoms with E-state index in [1.165, 1.54) is 0 Å². The summed E-state index contributed by atoms with van der Waals surface area (Å²) in [6.45, 7) is 4.41. The fourth-order valence-corrected chi connectivity index (χ4v) is 2.91. The molecule has 0 fully saturated rings. The zero-order valence-corrected chi connectivity index (χ0v) is 19.9. The summed E-state index contributed by atoms with van der Waals surface area (Å²) >= 11 is 0. The van der Waals surface area contributed by atoms with Crippen LogP contribution in [0.4, 0.5) is 28.4 Å². The average Bonchev–Trinajstić information content (AvgIpc) is 2.93. The summed E-state index contributed by atoms with van der Waals surface area (Å²) in [6.07, 6.45) is 1.59. The van der Waals surface area contributed by atoms with Crippen LogP contribution in [0.1, 0.15) is 6.42 Å². The van der Waals surface area contributed by atoms with Gasteiger partial charge in [-0.3, -0.25) is 0 Å². The molecule has 0 spiro atoms. The van der Waals surface area contributed by atoms with Gasteiger partial charge in [-0.05, 0) is 72.8 Å². The number of nitriles is 1. The second kappa shape index (κ2) is 13.8. The number of benzene rings is 3. The lowest BCUT2D eigenvalue weighted by Crippen LogP contribution is -2.17. The zero-order chi connectivity index (χ0) is 25.6. The van der Waals surface area contributed by atoms with Crippen LogP contribution in [-0.2, 0) is 9.53 Å². The van der Waals surface area contributed by atoms with Crippen LogP contribution in [-0.4, -0.2) is 32.8 Å². The first-order chi connectivity index (χ1) is 17.6. The van der Waals surface area contributed by atoms with Gasteiger partial charge in [-0.15, -0.1) is 0 Å². The van der Waals surface area contributed by atoms with Gasteiger partial charge >= 0.3 is 5.97 Å². The minimum absolute atomic E-state index is 0.149. The third kappa shape index (κ3) is 8.50. The van der Waals surface area contributed by atoms with Gasteiger partial charge in [-0.2, -0.15) is 25.7 Å². The Morgan fingerprint density at radius 1 is 0.861 bits per heavy atom. The second-order valence-corrected chi connectivity index (χ2v) is 7.48. The summed E-state index contributed by atoms with van der Waals surface area (Å²) in [4.78, 5) is 13.0. The number of hydrogen-bond acceptors (Lipinski definition) is 9. The Balaban J connectivity index is 1.49. The Hall–Kier alpha value is -4.84. The lowest BCUT2D eigenvalue weighted by molar-refractivity contribution is -0.138. The molecule has 0 aromatic heterocycles. The molecule has 0 atom stereocenters. The molecule has 9 heteroatoms. The zero-order valence-electron chi connectivity index (χ0n) is 19.9. The van der Waals surface area contributed by atoms with Crippen LogP contribution < -0.4 is 9.64 Å². The van der Waals surface area contributed by atoms with Gasteiger partial charge in [0.2, 0.25) is 0 Å². The largest absolute Gasteiger partial charge is 0.490 e. The van der Waals surface area contributed by atoms with Gasteiger partial charge in [-0.25, -0.2) is 4.79 Å². The second-order valence-electron chi connectivity index (χ2n) is 7.48. The van der Waals surface area contributed by atoms with E-state index >= 15 is 0 Å². The molecule has 0 unspecified atom stereocenters. The van der Waals surface area contributed by atoms with E-state index in [1.54, 1.807) is 24.3 Å². The highest BCUT2D eigenvalue weighted by molar-refractivity contribution is 5.81. The molecule has 3 aromatic rings. The first-order valence-electron chi connectivity index (χ1n) is 11.2. The summed E-state index contributed by atoms with van der Waals surface area (Å²) < 4.78 is 10.4. The van der Waals surface area contributed by atoms with E-state index in [9.17, 15) is 4.79 Å². The van der Waals surface area contributed by atoms with Gasteiger partial charge in [-0.1, -0.05) is 6.58 Å². The topological polar surface area (TPSA) is 112 Å². The van der Waals surface area contributed by atoms with Gasteiger partial charge < -0.3 is 14.4 Å². The smallest absolute Gasteiger partial charge is 0.330 e. The average molecular weight is 483 g/mol. The van der Waals surface area contributed by atoms with E-state index in [0.29, 0.717) is 35.8 Å². The van der Waals surface area contributed by atoms with Crippen LogP contribution in [0.15, 0.2) is 106 Å². The predicted molar refractivity (Wildman–Crippen MR) is 138 cm³/mol. The quantitative estimate of drug-likeness (QED) is 0.120. The number of azo groups is 2. The number of carbonyl (C=O) groups excluding carboxylic acids is 1. The van der Waals surface area contributed by atoms with E-state index in [2.05, 4.69) is 33.1 Å². The monoisotopic (exact) mass is 482 g/mol. The van der Waals surface area contributed by atoms with E-state index < -0.39 is 5.97 Å². The highest BCUT2D eigenvalue weighted by atomic mass is 16.6. The first kappa shape index (κ1) is 25.8. The van der Waals surface area contributed by atoms with Crippen LogP contribution in [0.2, 0.25) is 0 Å². The molecular weight excluding hydrogens is 456 g/mol. The molecule has 0 aliphatic heterocycles. The summed E-state index contributed by atoms with van der Waals surface area (Å²) in [7, 11) is 1.95. The first-order valence-corrected chi connectivity index (χ1v) is 11.2. The molecule has 0 radical (unpaired) electrons. The minimum Gasteiger partial charge on any atom is -0.490 e. The maximum Gasteiger partial charge on any atom is 0.330 e. The number of hydrogen-bond donors (Lipinski definition) is 0. The molecule has 0 bridgehead atoms. The van der Waals surface area contributed by atoms with Gasteiger partial charge in [0.05, 0.1) is 35.2 Å². The van der Waals surface area contributed by atoms with Crippen LogP contribution in [0.25, 0.3) is 0 Å². The number of carbonyl (C=O) groups is 1. The molecule has 9 nitrogen and oxygen atoms in total. The fraction of sp³-hybridized carbons (Fsp3) is 0.185. The third-order valence-electron chi connectivity index (χ3n) is 4.86. The highest BCUT2D eigenvalue weighted by Gasteiger charge is 2.01. The molecular formula is C27H26N6O3. The van der Waals surface area contributed by atoms with E-state index in [1.807, 2.05) is 60.5 Å². The fourth-order valence-electron chi connectivity index (χ4n) is 2.91. The van der Waals surface area contributed by atoms with Crippen molar-refractivity contribution in [2.75, 3.05) is 31.7 Å². The highest BCUT2D eigenvalue weighted by Crippen LogP contribution is 2.25. The molecule has 0 aliphatic rings. The van der Waals surface area contributed by atoms with Crippen molar-refractivity contribution in [3.05, 3.63) is 85.5 Å². The number of ether oxygens (including phenoxy) is 2. The number of anilines is 1. The molecule has 0 N–H and O–H groups in total. The lowest BCUT2D eigenvalue weighted by Gasteiger charge is -2.17. The van der Waals surface area contributed by atoms with Crippen molar-refractivity contribution in [1.82, 2.24) is 0 Å². The molecule has 36 heavy (non-hydrogen) atoms. The summed E-state index contributed by atoms with van der Waals surface area (Å²) in [5.41, 5.74) is 3.81. The van der Waals surface area contributed by atoms with Crippen molar-refractivity contribution in [3.8, 4) is 11.8 Å². The summed E-state index contributed by atoms with van der Waals surface area (Å²) in [5, 5.41) is 25.7. The Morgan fingerprint density at radius 3 is 1.81 bits per heavy atom. The van der Waals surface area contributed by atoms with Gasteiger partial charge in [0.15, 0.2) is 0 Å². The van der Waals surface area contributed by atoms with Gasteiger partial charge in [0.25, 0.3) is 0 Å². The molecule has 3 aromatic carbocycles. The Bertz CT molecular complexity index is 1230. The van der Waals surface area contributed by atoms with Crippen molar-refractivity contribution < 1.29 is 14.3 Å². The van der Waals surface area contributed by atoms with Crippen molar-refractivity contribution in [2.45, 2.75) is 6.42 Å². The van der Waals surface area contributed by atoms with Gasteiger partial charge in [0, 0.05) is 25.4 Å². The van der Waals surface area contributed by atoms with Crippen LogP contribution in [0, 0.1) is 11.3 Å². The Labute approximate surface area is 210 Å². The molecule has 182 valence electrons. The van der Waals surface area contributed by atoms with Crippen molar-refractivity contribution in [2.24, 2.45) is 20.5 Å². The van der Waals surface area contributed by atoms with Gasteiger partial charge in [0.1, 0.15) is 19.0 Å². The van der Waals surface area contributed by atoms with E-state index in [-0.39, 0.29) is 13.2 Å². The molecule has 0 saturated heterocycles. The standard InChI is InChI=1S/C27H26N6O3/c1-3-27(34)36-20-19-35-26-15-11-24(12-16-26)32-30-22-7-5-21(6-8-22)29-31-23-9-13-25(14-10-23)33(2)18-4-17-28/h3,5-16H,1,4,18-20H2,2H3. The summed E-state index contributed by atoms with van der Waals surface area (Å²) in [6, 6.07) is 24.2. The number of esters is 1. The van der Waals surface area contributed by atoms with Crippen LogP contribution in [0.3, 0.4) is 0 Å². The minimum atomic E-state index is -0.478.